The molecule has 3 aliphatic rings. The predicted molar refractivity (Wildman–Crippen MR) is 230 cm³/mol. The molecule has 7 aromatic rings. The SMILES string of the molecule is C=Cc1ccccc1-c1cccc2c1-c1ccccc1C2(C)C.CC1(C)c2ccccc2-c2ccc(Cc3ccc4c(c3)C(C)(C)c3ccccc3-4)cc21. The van der Waals surface area contributed by atoms with Crippen LogP contribution in [0.5, 0.6) is 0 Å². The second-order valence-electron chi connectivity index (χ2n) is 17.0. The molecule has 3 aliphatic carbocycles. The summed E-state index contributed by atoms with van der Waals surface area (Å²) in [7, 11) is 0. The highest BCUT2D eigenvalue weighted by atomic mass is 14.4. The van der Waals surface area contributed by atoms with Gasteiger partial charge in [0.05, 0.1) is 0 Å². The number of benzene rings is 7. The van der Waals surface area contributed by atoms with Gasteiger partial charge in [-0.1, -0.05) is 206 Å². The lowest BCUT2D eigenvalue weighted by atomic mass is 9.81. The van der Waals surface area contributed by atoms with Crippen molar-refractivity contribution in [2.75, 3.05) is 0 Å². The first kappa shape index (κ1) is 34.1. The third-order valence-electron chi connectivity index (χ3n) is 12.8. The Morgan fingerprint density at radius 2 is 0.759 bits per heavy atom. The van der Waals surface area contributed by atoms with E-state index in [1.807, 2.05) is 6.08 Å². The maximum Gasteiger partial charge on any atom is 0.0159 e. The molecule has 0 heteroatoms. The summed E-state index contributed by atoms with van der Waals surface area (Å²) in [6, 6.07) is 56.0. The van der Waals surface area contributed by atoms with Crippen LogP contribution in [0, 0.1) is 0 Å². The molecule has 0 heterocycles. The highest BCUT2D eigenvalue weighted by molar-refractivity contribution is 5.94. The third-order valence-corrected chi connectivity index (χ3v) is 12.8. The standard InChI is InChI=1S/C31H28.C23H20/c1-30(2)26-11-7-5-9-22(26)24-15-13-20(18-28(24)30)17-21-14-16-25-23-10-6-8-12-27(23)31(3,4)29(25)19-21;1-4-16-10-5-6-11-17(16)18-13-9-15-21-22(18)19-12-7-8-14-20(19)23(21,2)3/h5-16,18-19H,17H2,1-4H3;4-15H,1H2,2-3H3. The number of fused-ring (bicyclic) bond motifs is 9. The van der Waals surface area contributed by atoms with Gasteiger partial charge in [-0.3, -0.25) is 0 Å². The summed E-state index contributed by atoms with van der Waals surface area (Å²) in [5.41, 5.74) is 23.7. The molecule has 0 aromatic heterocycles. The molecule has 0 unspecified atom stereocenters. The van der Waals surface area contributed by atoms with Gasteiger partial charge in [0.25, 0.3) is 0 Å². The van der Waals surface area contributed by atoms with Crippen LogP contribution in [0.1, 0.15) is 91.6 Å². The number of hydrogen-bond donors (Lipinski definition) is 0. The van der Waals surface area contributed by atoms with Crippen molar-refractivity contribution in [2.45, 2.75) is 64.2 Å². The molecule has 0 nitrogen and oxygen atoms in total. The second-order valence-corrected chi connectivity index (χ2v) is 17.0. The van der Waals surface area contributed by atoms with E-state index in [0.29, 0.717) is 0 Å². The van der Waals surface area contributed by atoms with Gasteiger partial charge in [-0.2, -0.15) is 0 Å². The molecule has 7 aromatic carbocycles. The van der Waals surface area contributed by atoms with E-state index in [2.05, 4.69) is 200 Å². The number of hydrogen-bond acceptors (Lipinski definition) is 0. The number of rotatable bonds is 4. The van der Waals surface area contributed by atoms with Gasteiger partial charge in [-0.15, -0.1) is 0 Å². The Balaban J connectivity index is 0.000000149. The van der Waals surface area contributed by atoms with E-state index in [4.69, 9.17) is 0 Å². The van der Waals surface area contributed by atoms with Crippen LogP contribution < -0.4 is 0 Å². The van der Waals surface area contributed by atoms with Gasteiger partial charge in [0.2, 0.25) is 0 Å². The van der Waals surface area contributed by atoms with Crippen molar-refractivity contribution in [1.82, 2.24) is 0 Å². The molecule has 0 aliphatic heterocycles. The van der Waals surface area contributed by atoms with Gasteiger partial charge in [-0.05, 0) is 101 Å². The molecule has 0 amide bonds. The van der Waals surface area contributed by atoms with E-state index in [-0.39, 0.29) is 16.2 Å². The molecule has 0 atom stereocenters. The Kier molecular flexibility index (Phi) is 7.84. The quantitative estimate of drug-likeness (QED) is 0.172. The molecule has 264 valence electrons. The van der Waals surface area contributed by atoms with Crippen molar-refractivity contribution < 1.29 is 0 Å². The Morgan fingerprint density at radius 3 is 1.30 bits per heavy atom. The van der Waals surface area contributed by atoms with E-state index in [0.717, 1.165) is 6.42 Å². The van der Waals surface area contributed by atoms with Gasteiger partial charge in [-0.25, -0.2) is 0 Å². The summed E-state index contributed by atoms with van der Waals surface area (Å²) in [5, 5.41) is 0. The minimum atomic E-state index is 0.0467. The molecule has 0 N–H and O–H groups in total. The maximum absolute atomic E-state index is 3.98. The average molecular weight is 697 g/mol. The van der Waals surface area contributed by atoms with E-state index >= 15 is 0 Å². The van der Waals surface area contributed by atoms with E-state index in [1.54, 1.807) is 0 Å². The first-order valence-corrected chi connectivity index (χ1v) is 19.4. The van der Waals surface area contributed by atoms with Crippen molar-refractivity contribution in [3.63, 3.8) is 0 Å². The minimum Gasteiger partial charge on any atom is -0.0984 e. The molecule has 10 rings (SSSR count). The van der Waals surface area contributed by atoms with Crippen LogP contribution in [-0.2, 0) is 22.7 Å². The van der Waals surface area contributed by atoms with E-state index in [1.165, 1.54) is 94.6 Å². The Hall–Kier alpha value is -5.72. The molecule has 0 bridgehead atoms. The molecule has 0 spiro atoms. The van der Waals surface area contributed by atoms with Crippen LogP contribution in [0.4, 0.5) is 0 Å². The summed E-state index contributed by atoms with van der Waals surface area (Å²) in [5.74, 6) is 0. The monoisotopic (exact) mass is 696 g/mol. The maximum atomic E-state index is 3.98. The second kappa shape index (κ2) is 12.4. The smallest absolute Gasteiger partial charge is 0.0159 e. The molecular formula is C54H48. The van der Waals surface area contributed by atoms with Crippen LogP contribution in [0.25, 0.3) is 50.6 Å². The van der Waals surface area contributed by atoms with Gasteiger partial charge < -0.3 is 0 Å². The summed E-state index contributed by atoms with van der Waals surface area (Å²) in [6.07, 6.45) is 2.92. The molecule has 0 radical (unpaired) electrons. The molecule has 0 fully saturated rings. The van der Waals surface area contributed by atoms with Crippen LogP contribution in [0.15, 0.2) is 158 Å². The first-order chi connectivity index (χ1) is 26.0. The lowest BCUT2D eigenvalue weighted by Gasteiger charge is -2.22. The molecule has 0 saturated carbocycles. The van der Waals surface area contributed by atoms with Crippen LogP contribution in [-0.4, -0.2) is 0 Å². The topological polar surface area (TPSA) is 0 Å². The van der Waals surface area contributed by atoms with E-state index < -0.39 is 0 Å². The molecule has 0 saturated heterocycles. The van der Waals surface area contributed by atoms with E-state index in [9.17, 15) is 0 Å². The Bertz CT molecular complexity index is 2520. The lowest BCUT2D eigenvalue weighted by Crippen LogP contribution is -2.15. The largest absolute Gasteiger partial charge is 0.0984 e. The first-order valence-electron chi connectivity index (χ1n) is 19.4. The van der Waals surface area contributed by atoms with Crippen molar-refractivity contribution in [1.29, 1.82) is 0 Å². The summed E-state index contributed by atoms with van der Waals surface area (Å²) in [6.45, 7) is 18.1. The normalized spacial score (nSPS) is 15.4. The minimum absolute atomic E-state index is 0.0467. The fraction of sp³-hybridized carbons (Fsp3) is 0.185. The summed E-state index contributed by atoms with van der Waals surface area (Å²) < 4.78 is 0. The van der Waals surface area contributed by atoms with Gasteiger partial charge >= 0.3 is 0 Å². The van der Waals surface area contributed by atoms with Gasteiger partial charge in [0.1, 0.15) is 0 Å². The fourth-order valence-corrected chi connectivity index (χ4v) is 9.86. The third kappa shape index (κ3) is 5.11. The van der Waals surface area contributed by atoms with Crippen LogP contribution >= 0.6 is 0 Å². The Labute approximate surface area is 321 Å². The fourth-order valence-electron chi connectivity index (χ4n) is 9.86. The van der Waals surface area contributed by atoms with Crippen molar-refractivity contribution in [2.24, 2.45) is 0 Å². The predicted octanol–water partition coefficient (Wildman–Crippen LogP) is 14.2. The lowest BCUT2D eigenvalue weighted by molar-refractivity contribution is 0.658. The summed E-state index contributed by atoms with van der Waals surface area (Å²) >= 11 is 0. The van der Waals surface area contributed by atoms with Gasteiger partial charge in [0, 0.05) is 16.2 Å². The van der Waals surface area contributed by atoms with Crippen molar-refractivity contribution in [3.05, 3.63) is 208 Å². The zero-order valence-electron chi connectivity index (χ0n) is 32.4. The zero-order chi connectivity index (χ0) is 37.4. The van der Waals surface area contributed by atoms with Crippen molar-refractivity contribution >= 4 is 6.08 Å². The van der Waals surface area contributed by atoms with Crippen molar-refractivity contribution in [3.8, 4) is 44.5 Å². The molecular weight excluding hydrogens is 649 g/mol. The highest BCUT2D eigenvalue weighted by Gasteiger charge is 2.38. The Morgan fingerprint density at radius 1 is 0.370 bits per heavy atom. The van der Waals surface area contributed by atoms with Crippen LogP contribution in [0.3, 0.4) is 0 Å². The van der Waals surface area contributed by atoms with Crippen LogP contribution in [0.2, 0.25) is 0 Å². The molecule has 54 heavy (non-hydrogen) atoms. The van der Waals surface area contributed by atoms with Gasteiger partial charge in [0.15, 0.2) is 0 Å². The highest BCUT2D eigenvalue weighted by Crippen LogP contribution is 2.53. The average Bonchev–Trinajstić information content (AvgIpc) is 3.68. The zero-order valence-corrected chi connectivity index (χ0v) is 32.4. The summed E-state index contributed by atoms with van der Waals surface area (Å²) in [4.78, 5) is 0.